The van der Waals surface area contributed by atoms with Gasteiger partial charge < -0.3 is 15.1 Å². The Kier molecular flexibility index (Phi) is 5.58. The zero-order valence-electron chi connectivity index (χ0n) is 16.6. The van der Waals surface area contributed by atoms with Gasteiger partial charge in [0.05, 0.1) is 50.7 Å². The van der Waals surface area contributed by atoms with Crippen LogP contribution in [0.3, 0.4) is 0 Å². The smallest absolute Gasteiger partial charge is 0.259 e. The lowest BCUT2D eigenvalue weighted by Crippen LogP contribution is -3.12. The average Bonchev–Trinajstić information content (AvgIpc) is 3.18. The minimum Gasteiger partial charge on any atom is -0.334 e. The highest BCUT2D eigenvalue weighted by Crippen LogP contribution is 2.23. The number of likely N-dealkylation sites (N-methyl/N-ethyl adjacent to an activating group) is 1. The first kappa shape index (κ1) is 19.8. The zero-order chi connectivity index (χ0) is 21.1. The Labute approximate surface area is 173 Å². The van der Waals surface area contributed by atoms with Crippen molar-refractivity contribution < 1.29 is 18.9 Å². The fraction of sp³-hybridized carbons (Fsp3) is 0.227. The number of carbonyl (C=O) groups is 2. The van der Waals surface area contributed by atoms with Crippen LogP contribution in [0.1, 0.15) is 20.7 Å². The predicted octanol–water partition coefficient (Wildman–Crippen LogP) is 1.23. The van der Waals surface area contributed by atoms with E-state index in [0.29, 0.717) is 18.8 Å². The molecule has 0 atom stereocenters. The highest BCUT2D eigenvalue weighted by atomic mass is 19.1. The molecule has 7 nitrogen and oxygen atoms in total. The third kappa shape index (κ3) is 3.95. The summed E-state index contributed by atoms with van der Waals surface area (Å²) in [5, 5.41) is 7.05. The Morgan fingerprint density at radius 2 is 1.67 bits per heavy atom. The molecule has 8 heteroatoms. The van der Waals surface area contributed by atoms with E-state index in [2.05, 4.69) is 17.5 Å². The third-order valence-electron chi connectivity index (χ3n) is 5.26. The summed E-state index contributed by atoms with van der Waals surface area (Å²) in [6.07, 6.45) is 1.46. The summed E-state index contributed by atoms with van der Waals surface area (Å²) in [5.41, 5.74) is 0.867. The molecule has 0 spiro atoms. The van der Waals surface area contributed by atoms with E-state index in [9.17, 15) is 14.0 Å². The number of halogens is 1. The molecule has 1 aliphatic rings. The maximum Gasteiger partial charge on any atom is 0.259 e. The lowest BCUT2D eigenvalue weighted by atomic mass is 10.2. The van der Waals surface area contributed by atoms with Crippen LogP contribution in [0.2, 0.25) is 0 Å². The molecule has 0 unspecified atom stereocenters. The van der Waals surface area contributed by atoms with E-state index < -0.39 is 11.7 Å². The summed E-state index contributed by atoms with van der Waals surface area (Å²) in [4.78, 5) is 29.1. The lowest BCUT2D eigenvalue weighted by molar-refractivity contribution is -0.883. The topological polar surface area (TPSA) is 71.7 Å². The number of carbonyl (C=O) groups excluding carboxylic acids is 2. The molecule has 0 aliphatic carbocycles. The summed E-state index contributed by atoms with van der Waals surface area (Å²) in [6.45, 7) is 2.97. The van der Waals surface area contributed by atoms with Gasteiger partial charge in [0, 0.05) is 0 Å². The van der Waals surface area contributed by atoms with E-state index in [-0.39, 0.29) is 22.9 Å². The standard InChI is InChI=1S/C22H22FN5O2/c1-26-11-13-27(14-12-26)22(30)18-15-24-28(16-7-3-2-4-8-16)20(18)25-21(29)17-9-5-6-10-19(17)23/h2-10,15H,11-14H2,1H3,(H,25,29)/p+1. The molecule has 0 saturated carbocycles. The molecule has 1 aliphatic heterocycles. The predicted molar refractivity (Wildman–Crippen MR) is 110 cm³/mol. The monoisotopic (exact) mass is 408 g/mol. The quantitative estimate of drug-likeness (QED) is 0.682. The Hall–Kier alpha value is -3.52. The second-order valence-corrected chi connectivity index (χ2v) is 7.34. The van der Waals surface area contributed by atoms with Gasteiger partial charge in [0.2, 0.25) is 0 Å². The second-order valence-electron chi connectivity index (χ2n) is 7.34. The largest absolute Gasteiger partial charge is 0.334 e. The molecule has 0 radical (unpaired) electrons. The van der Waals surface area contributed by atoms with Crippen LogP contribution in [-0.2, 0) is 0 Å². The number of piperazine rings is 1. The second kappa shape index (κ2) is 8.46. The van der Waals surface area contributed by atoms with Crippen LogP contribution in [0.25, 0.3) is 5.69 Å². The van der Waals surface area contributed by atoms with Crippen LogP contribution >= 0.6 is 0 Å². The van der Waals surface area contributed by atoms with E-state index in [1.807, 2.05) is 30.3 Å². The van der Waals surface area contributed by atoms with Crippen molar-refractivity contribution in [3.8, 4) is 5.69 Å². The van der Waals surface area contributed by atoms with Crippen molar-refractivity contribution in [3.63, 3.8) is 0 Å². The van der Waals surface area contributed by atoms with Gasteiger partial charge in [0.15, 0.2) is 0 Å². The maximum atomic E-state index is 14.1. The molecule has 0 bridgehead atoms. The molecule has 2 aromatic carbocycles. The number of hydrogen-bond donors (Lipinski definition) is 2. The van der Waals surface area contributed by atoms with Crippen LogP contribution in [-0.4, -0.2) is 59.7 Å². The van der Waals surface area contributed by atoms with Gasteiger partial charge in [0.1, 0.15) is 17.2 Å². The van der Waals surface area contributed by atoms with Gasteiger partial charge >= 0.3 is 0 Å². The summed E-state index contributed by atoms with van der Waals surface area (Å²) in [6, 6.07) is 14.9. The number of nitrogens with one attached hydrogen (secondary N) is 2. The summed E-state index contributed by atoms with van der Waals surface area (Å²) >= 11 is 0. The molecule has 30 heavy (non-hydrogen) atoms. The molecule has 4 rings (SSSR count). The Balaban J connectivity index is 1.70. The highest BCUT2D eigenvalue weighted by molar-refractivity contribution is 6.08. The number of amides is 2. The number of anilines is 1. The number of benzene rings is 2. The maximum absolute atomic E-state index is 14.1. The summed E-state index contributed by atoms with van der Waals surface area (Å²) in [5.74, 6) is -1.24. The molecule has 1 aromatic heterocycles. The van der Waals surface area contributed by atoms with Gasteiger partial charge in [-0.05, 0) is 24.3 Å². The van der Waals surface area contributed by atoms with Crippen molar-refractivity contribution in [1.29, 1.82) is 0 Å². The first-order chi connectivity index (χ1) is 14.5. The minimum absolute atomic E-state index is 0.0973. The van der Waals surface area contributed by atoms with Crippen LogP contribution in [0, 0.1) is 5.82 Å². The van der Waals surface area contributed by atoms with Crippen molar-refractivity contribution >= 4 is 17.6 Å². The van der Waals surface area contributed by atoms with Crippen molar-refractivity contribution in [2.24, 2.45) is 0 Å². The number of rotatable bonds is 4. The zero-order valence-corrected chi connectivity index (χ0v) is 16.6. The molecule has 2 heterocycles. The van der Waals surface area contributed by atoms with Gasteiger partial charge in [-0.25, -0.2) is 9.07 Å². The van der Waals surface area contributed by atoms with Crippen molar-refractivity contribution in [2.75, 3.05) is 38.5 Å². The first-order valence-corrected chi connectivity index (χ1v) is 9.84. The van der Waals surface area contributed by atoms with E-state index in [4.69, 9.17) is 0 Å². The molecule has 154 valence electrons. The fourth-order valence-corrected chi connectivity index (χ4v) is 3.47. The third-order valence-corrected chi connectivity index (χ3v) is 5.26. The van der Waals surface area contributed by atoms with E-state index in [1.54, 1.807) is 11.0 Å². The minimum atomic E-state index is -0.636. The summed E-state index contributed by atoms with van der Waals surface area (Å²) in [7, 11) is 2.09. The Morgan fingerprint density at radius 1 is 1.00 bits per heavy atom. The van der Waals surface area contributed by atoms with Gasteiger partial charge in [0.25, 0.3) is 11.8 Å². The molecule has 1 fully saturated rings. The van der Waals surface area contributed by atoms with Crippen LogP contribution in [0.5, 0.6) is 0 Å². The van der Waals surface area contributed by atoms with Gasteiger partial charge in [-0.15, -0.1) is 0 Å². The van der Waals surface area contributed by atoms with Crippen LogP contribution < -0.4 is 10.2 Å². The highest BCUT2D eigenvalue weighted by Gasteiger charge is 2.28. The van der Waals surface area contributed by atoms with Crippen LogP contribution in [0.15, 0.2) is 60.8 Å². The first-order valence-electron chi connectivity index (χ1n) is 9.84. The SMILES string of the molecule is C[NH+]1CCN(C(=O)c2cnn(-c3ccccc3)c2NC(=O)c2ccccc2F)CC1. The number of hydrogen-bond acceptors (Lipinski definition) is 3. The van der Waals surface area contributed by atoms with Gasteiger partial charge in [-0.1, -0.05) is 30.3 Å². The Bertz CT molecular complexity index is 1060. The molecule has 2 N–H and O–H groups in total. The summed E-state index contributed by atoms with van der Waals surface area (Å²) < 4.78 is 15.6. The molecular weight excluding hydrogens is 385 g/mol. The lowest BCUT2D eigenvalue weighted by Gasteiger charge is -2.30. The normalized spacial score (nSPS) is 14.5. The number of para-hydroxylation sites is 1. The van der Waals surface area contributed by atoms with Gasteiger partial charge in [-0.3, -0.25) is 9.59 Å². The van der Waals surface area contributed by atoms with E-state index in [1.165, 1.54) is 34.0 Å². The van der Waals surface area contributed by atoms with Crippen LogP contribution in [0.4, 0.5) is 10.2 Å². The van der Waals surface area contributed by atoms with Crippen molar-refractivity contribution in [2.45, 2.75) is 0 Å². The molecular formula is C22H23FN5O2+. The fourth-order valence-electron chi connectivity index (χ4n) is 3.47. The van der Waals surface area contributed by atoms with E-state index in [0.717, 1.165) is 13.1 Å². The number of aromatic nitrogens is 2. The number of nitrogens with zero attached hydrogens (tertiary/aromatic N) is 3. The molecule has 3 aromatic rings. The van der Waals surface area contributed by atoms with E-state index >= 15 is 0 Å². The molecule has 1 saturated heterocycles. The van der Waals surface area contributed by atoms with Crippen molar-refractivity contribution in [1.82, 2.24) is 14.7 Å². The van der Waals surface area contributed by atoms with Crippen molar-refractivity contribution in [3.05, 3.63) is 77.7 Å². The average molecular weight is 408 g/mol. The Morgan fingerprint density at radius 3 is 2.37 bits per heavy atom. The van der Waals surface area contributed by atoms with Gasteiger partial charge in [-0.2, -0.15) is 5.10 Å². The molecule has 2 amide bonds. The number of quaternary nitrogens is 1.